The van der Waals surface area contributed by atoms with E-state index < -0.39 is 0 Å². The van der Waals surface area contributed by atoms with Crippen molar-refractivity contribution in [2.24, 2.45) is 5.10 Å². The first kappa shape index (κ1) is 22.3. The predicted molar refractivity (Wildman–Crippen MR) is 127 cm³/mol. The number of amides is 2. The summed E-state index contributed by atoms with van der Waals surface area (Å²) in [5.41, 5.74) is 6.19. The van der Waals surface area contributed by atoms with E-state index >= 15 is 0 Å². The van der Waals surface area contributed by atoms with Gasteiger partial charge in [-0.15, -0.1) is 0 Å². The fraction of sp³-hybridized carbons (Fsp3) is 0.208. The van der Waals surface area contributed by atoms with Crippen molar-refractivity contribution in [3.05, 3.63) is 91.8 Å². The molecule has 0 unspecified atom stereocenters. The maximum Gasteiger partial charge on any atom is 0.287 e. The quantitative estimate of drug-likeness (QED) is 0.447. The molecule has 0 spiro atoms. The summed E-state index contributed by atoms with van der Waals surface area (Å²) < 4.78 is 6.80. The van der Waals surface area contributed by atoms with Crippen LogP contribution in [0.3, 0.4) is 0 Å². The third-order valence-electron chi connectivity index (χ3n) is 5.33. The Bertz CT molecular complexity index is 1200. The number of nitrogens with zero attached hydrogens (tertiary/aromatic N) is 1. The van der Waals surface area contributed by atoms with E-state index in [4.69, 9.17) is 16.0 Å². The molecule has 4 rings (SSSR count). The van der Waals surface area contributed by atoms with Gasteiger partial charge in [0, 0.05) is 39.2 Å². The molecule has 1 aromatic heterocycles. The minimum absolute atomic E-state index is 0.260. The molecule has 8 heteroatoms. The second-order valence-corrected chi connectivity index (χ2v) is 8.81. The van der Waals surface area contributed by atoms with Crippen molar-refractivity contribution in [3.8, 4) is 0 Å². The zero-order valence-corrected chi connectivity index (χ0v) is 19.7. The van der Waals surface area contributed by atoms with Crippen LogP contribution in [0.25, 0.3) is 0 Å². The van der Waals surface area contributed by atoms with Crippen LogP contribution in [0.4, 0.5) is 0 Å². The molecular formula is C24H21BrClN3O3. The first-order valence-corrected chi connectivity index (χ1v) is 11.4. The smallest absolute Gasteiger partial charge is 0.287 e. The first-order valence-electron chi connectivity index (χ1n) is 10.2. The minimum atomic E-state index is -0.310. The van der Waals surface area contributed by atoms with Crippen LogP contribution in [0.15, 0.2) is 62.5 Å². The van der Waals surface area contributed by atoms with Gasteiger partial charge in [0.2, 0.25) is 0 Å². The van der Waals surface area contributed by atoms with E-state index in [0.29, 0.717) is 47.0 Å². The standard InChI is InChI=1S/C24H21BrClN3O3/c1-14-21-19(28-29-23(30)15-9-11-17(25)12-10-15)7-4-8-20(21)32-22(14)24(31)27-13-16-5-2-3-6-18(16)26/h2-3,5-6,9-12H,4,7-8,13H2,1H3,(H,27,31)(H,29,30)/b28-19+. The summed E-state index contributed by atoms with van der Waals surface area (Å²) in [6.07, 6.45) is 2.23. The average Bonchev–Trinajstić information content (AvgIpc) is 3.14. The van der Waals surface area contributed by atoms with Crippen molar-refractivity contribution in [2.75, 3.05) is 0 Å². The van der Waals surface area contributed by atoms with Gasteiger partial charge in [0.25, 0.3) is 11.8 Å². The lowest BCUT2D eigenvalue weighted by Gasteiger charge is -2.13. The summed E-state index contributed by atoms with van der Waals surface area (Å²) in [6.45, 7) is 2.14. The van der Waals surface area contributed by atoms with Crippen LogP contribution in [-0.2, 0) is 13.0 Å². The number of halogens is 2. The molecule has 0 saturated carbocycles. The molecule has 0 saturated heterocycles. The molecule has 6 nitrogen and oxygen atoms in total. The number of carbonyl (C=O) groups is 2. The number of hydrazone groups is 1. The molecular weight excluding hydrogens is 494 g/mol. The van der Waals surface area contributed by atoms with Gasteiger partial charge in [-0.05, 0) is 55.7 Å². The van der Waals surface area contributed by atoms with Crippen molar-refractivity contribution >= 4 is 45.1 Å². The molecule has 0 radical (unpaired) electrons. The molecule has 0 atom stereocenters. The Kier molecular flexibility index (Phi) is 6.77. The van der Waals surface area contributed by atoms with Crippen molar-refractivity contribution in [1.29, 1.82) is 0 Å². The number of furan rings is 1. The summed E-state index contributed by atoms with van der Waals surface area (Å²) >= 11 is 9.53. The first-order chi connectivity index (χ1) is 15.4. The van der Waals surface area contributed by atoms with E-state index in [-0.39, 0.29) is 17.6 Å². The topological polar surface area (TPSA) is 83.7 Å². The Labute approximate surface area is 199 Å². The fourth-order valence-electron chi connectivity index (χ4n) is 3.68. The van der Waals surface area contributed by atoms with Gasteiger partial charge < -0.3 is 9.73 Å². The molecule has 32 heavy (non-hydrogen) atoms. The lowest BCUT2D eigenvalue weighted by Crippen LogP contribution is -2.23. The largest absolute Gasteiger partial charge is 0.455 e. The van der Waals surface area contributed by atoms with Crippen LogP contribution in [0, 0.1) is 6.92 Å². The number of fused-ring (bicyclic) bond motifs is 1. The number of hydrogen-bond acceptors (Lipinski definition) is 4. The molecule has 164 valence electrons. The highest BCUT2D eigenvalue weighted by molar-refractivity contribution is 9.10. The second-order valence-electron chi connectivity index (χ2n) is 7.49. The predicted octanol–water partition coefficient (Wildman–Crippen LogP) is 5.40. The monoisotopic (exact) mass is 513 g/mol. The van der Waals surface area contributed by atoms with Crippen molar-refractivity contribution in [1.82, 2.24) is 10.7 Å². The van der Waals surface area contributed by atoms with Gasteiger partial charge >= 0.3 is 0 Å². The lowest BCUT2D eigenvalue weighted by atomic mass is 9.93. The molecule has 3 aromatic rings. The number of carbonyl (C=O) groups excluding carboxylic acids is 2. The summed E-state index contributed by atoms with van der Waals surface area (Å²) in [5.74, 6) is 0.371. The molecule has 0 fully saturated rings. The van der Waals surface area contributed by atoms with Crippen molar-refractivity contribution in [3.63, 3.8) is 0 Å². The summed E-state index contributed by atoms with van der Waals surface area (Å²) in [7, 11) is 0. The van der Waals surface area contributed by atoms with Crippen LogP contribution in [-0.4, -0.2) is 17.5 Å². The number of aryl methyl sites for hydroxylation is 1. The Hall–Kier alpha value is -2.90. The maximum absolute atomic E-state index is 12.8. The zero-order chi connectivity index (χ0) is 22.7. The molecule has 1 aliphatic rings. The van der Waals surface area contributed by atoms with E-state index in [2.05, 4.69) is 31.8 Å². The number of hydrogen-bond donors (Lipinski definition) is 2. The normalized spacial score (nSPS) is 14.2. The lowest BCUT2D eigenvalue weighted by molar-refractivity contribution is 0.0919. The van der Waals surface area contributed by atoms with E-state index in [1.807, 2.05) is 25.1 Å². The number of rotatable bonds is 5. The van der Waals surface area contributed by atoms with Crippen LogP contribution in [0.1, 0.15) is 56.2 Å². The van der Waals surface area contributed by atoms with Gasteiger partial charge in [0.05, 0.1) is 5.71 Å². The highest BCUT2D eigenvalue weighted by Gasteiger charge is 2.28. The summed E-state index contributed by atoms with van der Waals surface area (Å²) in [4.78, 5) is 25.2. The van der Waals surface area contributed by atoms with Crippen molar-refractivity contribution in [2.45, 2.75) is 32.7 Å². The average molecular weight is 515 g/mol. The Morgan fingerprint density at radius 2 is 1.84 bits per heavy atom. The molecule has 1 heterocycles. The third-order valence-corrected chi connectivity index (χ3v) is 6.23. The van der Waals surface area contributed by atoms with E-state index in [1.165, 1.54) is 0 Å². The molecule has 2 amide bonds. The molecule has 1 aliphatic carbocycles. The maximum atomic E-state index is 12.8. The van der Waals surface area contributed by atoms with E-state index in [0.717, 1.165) is 22.0 Å². The molecule has 0 aliphatic heterocycles. The van der Waals surface area contributed by atoms with Gasteiger partial charge in [-0.1, -0.05) is 45.7 Å². The van der Waals surface area contributed by atoms with Gasteiger partial charge in [0.15, 0.2) is 5.76 Å². The Morgan fingerprint density at radius 3 is 2.59 bits per heavy atom. The van der Waals surface area contributed by atoms with Crippen LogP contribution < -0.4 is 10.7 Å². The van der Waals surface area contributed by atoms with E-state index in [1.54, 1.807) is 30.3 Å². The van der Waals surface area contributed by atoms with Crippen LogP contribution in [0.2, 0.25) is 5.02 Å². The van der Waals surface area contributed by atoms with E-state index in [9.17, 15) is 9.59 Å². The zero-order valence-electron chi connectivity index (χ0n) is 17.4. The van der Waals surface area contributed by atoms with Gasteiger partial charge in [-0.2, -0.15) is 5.10 Å². The van der Waals surface area contributed by atoms with Crippen LogP contribution in [0.5, 0.6) is 0 Å². The molecule has 2 N–H and O–H groups in total. The summed E-state index contributed by atoms with van der Waals surface area (Å²) in [6, 6.07) is 14.4. The summed E-state index contributed by atoms with van der Waals surface area (Å²) in [5, 5.41) is 7.82. The second kappa shape index (κ2) is 9.71. The van der Waals surface area contributed by atoms with Gasteiger partial charge in [0.1, 0.15) is 5.76 Å². The van der Waals surface area contributed by atoms with Gasteiger partial charge in [-0.3, -0.25) is 9.59 Å². The highest BCUT2D eigenvalue weighted by atomic mass is 79.9. The Balaban J connectivity index is 1.51. The molecule has 0 bridgehead atoms. The SMILES string of the molecule is Cc1c(C(=O)NCc2ccccc2Cl)oc2c1/C(=N/NC(=O)c1ccc(Br)cc1)CCC2. The fourth-order valence-corrected chi connectivity index (χ4v) is 4.15. The van der Waals surface area contributed by atoms with Crippen molar-refractivity contribution < 1.29 is 14.0 Å². The van der Waals surface area contributed by atoms with Crippen LogP contribution >= 0.6 is 27.5 Å². The Morgan fingerprint density at radius 1 is 1.09 bits per heavy atom. The van der Waals surface area contributed by atoms with Gasteiger partial charge in [-0.25, -0.2) is 5.43 Å². The minimum Gasteiger partial charge on any atom is -0.455 e. The highest BCUT2D eigenvalue weighted by Crippen LogP contribution is 2.30. The number of benzene rings is 2. The number of nitrogens with one attached hydrogen (secondary N) is 2. The molecule has 2 aromatic carbocycles. The third kappa shape index (κ3) is 4.79.